The van der Waals surface area contributed by atoms with Gasteiger partial charge in [-0.25, -0.2) is 0 Å². The van der Waals surface area contributed by atoms with Crippen LogP contribution in [-0.4, -0.2) is 47.8 Å². The van der Waals surface area contributed by atoms with Gasteiger partial charge in [0.05, 0.1) is 0 Å². The summed E-state index contributed by atoms with van der Waals surface area (Å²) >= 11 is 3.41. The molecule has 0 aliphatic carbocycles. The molecule has 0 atom stereocenters. The summed E-state index contributed by atoms with van der Waals surface area (Å²) in [7, 11) is 0. The maximum Gasteiger partial charge on any atom is 0.254 e. The van der Waals surface area contributed by atoms with Crippen LogP contribution in [0.2, 0.25) is 0 Å². The molecule has 0 unspecified atom stereocenters. The summed E-state index contributed by atoms with van der Waals surface area (Å²) in [5.74, 6) is 0.132. The Morgan fingerprint density at radius 3 is 2.45 bits per heavy atom. The zero-order valence-corrected chi connectivity index (χ0v) is 13.4. The van der Waals surface area contributed by atoms with E-state index in [1.54, 1.807) is 11.8 Å². The molecule has 0 saturated carbocycles. The van der Waals surface area contributed by atoms with E-state index in [4.69, 9.17) is 0 Å². The van der Waals surface area contributed by atoms with E-state index < -0.39 is 0 Å². The number of hydrogen-bond donors (Lipinski definition) is 0. The molecule has 2 rings (SSSR count). The Bertz CT molecular complexity index is 531. The van der Waals surface area contributed by atoms with Crippen molar-refractivity contribution in [2.45, 2.75) is 20.3 Å². The summed E-state index contributed by atoms with van der Waals surface area (Å²) in [6, 6.07) is 5.74. The second-order valence-corrected chi connectivity index (χ2v) is 6.03. The van der Waals surface area contributed by atoms with Crippen LogP contribution < -0.4 is 0 Å². The minimum Gasteiger partial charge on any atom is -0.341 e. The van der Waals surface area contributed by atoms with E-state index in [2.05, 4.69) is 15.9 Å². The van der Waals surface area contributed by atoms with E-state index >= 15 is 0 Å². The SMILES string of the molecule is CC(=O)N1CCCN(C(=O)c2cc(Br)ccc2C)CC1. The van der Waals surface area contributed by atoms with E-state index in [0.29, 0.717) is 19.6 Å². The Hall–Kier alpha value is -1.36. The van der Waals surface area contributed by atoms with Crippen molar-refractivity contribution < 1.29 is 9.59 Å². The van der Waals surface area contributed by atoms with E-state index in [9.17, 15) is 9.59 Å². The summed E-state index contributed by atoms with van der Waals surface area (Å²) < 4.78 is 0.909. The van der Waals surface area contributed by atoms with Crippen LogP contribution in [0.3, 0.4) is 0 Å². The first-order chi connectivity index (χ1) is 9.49. The highest BCUT2D eigenvalue weighted by molar-refractivity contribution is 9.10. The Morgan fingerprint density at radius 2 is 1.75 bits per heavy atom. The number of hydrogen-bond acceptors (Lipinski definition) is 2. The molecule has 1 heterocycles. The van der Waals surface area contributed by atoms with Crippen molar-refractivity contribution in [2.24, 2.45) is 0 Å². The molecule has 0 aromatic heterocycles. The molecule has 5 heteroatoms. The second-order valence-electron chi connectivity index (χ2n) is 5.11. The minimum atomic E-state index is 0.0502. The van der Waals surface area contributed by atoms with Crippen LogP contribution in [0.15, 0.2) is 22.7 Å². The van der Waals surface area contributed by atoms with Crippen LogP contribution >= 0.6 is 15.9 Å². The van der Waals surface area contributed by atoms with Gasteiger partial charge < -0.3 is 9.80 Å². The number of aryl methyl sites for hydroxylation is 1. The van der Waals surface area contributed by atoms with Crippen LogP contribution in [0, 0.1) is 6.92 Å². The number of amides is 2. The van der Waals surface area contributed by atoms with Crippen LogP contribution in [0.1, 0.15) is 29.3 Å². The molecular weight excluding hydrogens is 320 g/mol. The molecule has 1 aromatic rings. The molecule has 0 bridgehead atoms. The average molecular weight is 339 g/mol. The van der Waals surface area contributed by atoms with Gasteiger partial charge in [-0.05, 0) is 31.0 Å². The van der Waals surface area contributed by atoms with E-state index in [1.165, 1.54) is 0 Å². The molecule has 1 aliphatic rings. The highest BCUT2D eigenvalue weighted by atomic mass is 79.9. The largest absolute Gasteiger partial charge is 0.341 e. The van der Waals surface area contributed by atoms with Gasteiger partial charge in [-0.3, -0.25) is 9.59 Å². The van der Waals surface area contributed by atoms with E-state index in [-0.39, 0.29) is 11.8 Å². The highest BCUT2D eigenvalue weighted by Gasteiger charge is 2.22. The standard InChI is InChI=1S/C15H19BrN2O2/c1-11-4-5-13(16)10-14(11)15(20)18-7-3-6-17(8-9-18)12(2)19/h4-5,10H,3,6-9H2,1-2H3. The Balaban J connectivity index is 2.13. The van der Waals surface area contributed by atoms with Crippen LogP contribution in [0.5, 0.6) is 0 Å². The normalized spacial score (nSPS) is 15.9. The third-order valence-corrected chi connectivity index (χ3v) is 4.15. The average Bonchev–Trinajstić information content (AvgIpc) is 2.66. The number of rotatable bonds is 1. The molecule has 1 aliphatic heterocycles. The minimum absolute atomic E-state index is 0.0502. The first kappa shape index (κ1) is 15.0. The first-order valence-corrected chi connectivity index (χ1v) is 7.59. The molecule has 108 valence electrons. The van der Waals surface area contributed by atoms with Crippen LogP contribution in [0.25, 0.3) is 0 Å². The quantitative estimate of drug-likeness (QED) is 0.789. The molecule has 0 radical (unpaired) electrons. The number of carbonyl (C=O) groups excluding carboxylic acids is 2. The lowest BCUT2D eigenvalue weighted by molar-refractivity contribution is -0.128. The predicted octanol–water partition coefficient (Wildman–Crippen LogP) is 2.45. The maximum absolute atomic E-state index is 12.6. The van der Waals surface area contributed by atoms with E-state index in [1.807, 2.05) is 30.0 Å². The summed E-state index contributed by atoms with van der Waals surface area (Å²) in [6.07, 6.45) is 0.832. The van der Waals surface area contributed by atoms with Crippen molar-refractivity contribution in [3.8, 4) is 0 Å². The second kappa shape index (κ2) is 6.39. The van der Waals surface area contributed by atoms with Crippen molar-refractivity contribution in [3.05, 3.63) is 33.8 Å². The topological polar surface area (TPSA) is 40.6 Å². The fourth-order valence-corrected chi connectivity index (χ4v) is 2.79. The molecule has 0 spiro atoms. The zero-order valence-electron chi connectivity index (χ0n) is 11.9. The molecule has 2 amide bonds. The maximum atomic E-state index is 12.6. The Morgan fingerprint density at radius 1 is 1.10 bits per heavy atom. The molecule has 4 nitrogen and oxygen atoms in total. The predicted molar refractivity (Wildman–Crippen MR) is 81.7 cm³/mol. The van der Waals surface area contributed by atoms with Crippen molar-refractivity contribution >= 4 is 27.7 Å². The highest BCUT2D eigenvalue weighted by Crippen LogP contribution is 2.18. The van der Waals surface area contributed by atoms with Gasteiger partial charge in [-0.15, -0.1) is 0 Å². The third kappa shape index (κ3) is 3.39. The van der Waals surface area contributed by atoms with Crippen molar-refractivity contribution in [2.75, 3.05) is 26.2 Å². The molecule has 1 saturated heterocycles. The van der Waals surface area contributed by atoms with Gasteiger partial charge in [0.15, 0.2) is 0 Å². The Kier molecular flexibility index (Phi) is 4.81. The summed E-state index contributed by atoms with van der Waals surface area (Å²) in [5.41, 5.74) is 1.71. The molecule has 0 N–H and O–H groups in total. The van der Waals surface area contributed by atoms with Crippen LogP contribution in [0.4, 0.5) is 0 Å². The molecule has 1 aromatic carbocycles. The van der Waals surface area contributed by atoms with Gasteiger partial charge in [-0.1, -0.05) is 22.0 Å². The van der Waals surface area contributed by atoms with Gasteiger partial charge >= 0.3 is 0 Å². The number of nitrogens with zero attached hydrogens (tertiary/aromatic N) is 2. The summed E-state index contributed by atoms with van der Waals surface area (Å²) in [5, 5.41) is 0. The molecular formula is C15H19BrN2O2. The monoisotopic (exact) mass is 338 g/mol. The van der Waals surface area contributed by atoms with Gasteiger partial charge in [0.2, 0.25) is 5.91 Å². The van der Waals surface area contributed by atoms with Crippen molar-refractivity contribution in [3.63, 3.8) is 0 Å². The van der Waals surface area contributed by atoms with Gasteiger partial charge in [0.25, 0.3) is 5.91 Å². The lowest BCUT2D eigenvalue weighted by atomic mass is 10.1. The lowest BCUT2D eigenvalue weighted by Crippen LogP contribution is -2.36. The fourth-order valence-electron chi connectivity index (χ4n) is 2.43. The molecule has 1 fully saturated rings. The number of carbonyl (C=O) groups is 2. The number of benzene rings is 1. The van der Waals surface area contributed by atoms with Gasteiger partial charge in [-0.2, -0.15) is 0 Å². The fraction of sp³-hybridized carbons (Fsp3) is 0.467. The molecule has 20 heavy (non-hydrogen) atoms. The zero-order chi connectivity index (χ0) is 14.7. The number of halogens is 1. The summed E-state index contributed by atoms with van der Waals surface area (Å²) in [6.45, 7) is 6.18. The Labute approximate surface area is 127 Å². The van der Waals surface area contributed by atoms with Gasteiger partial charge in [0, 0.05) is 43.1 Å². The smallest absolute Gasteiger partial charge is 0.254 e. The lowest BCUT2D eigenvalue weighted by Gasteiger charge is -2.22. The van der Waals surface area contributed by atoms with Crippen LogP contribution in [-0.2, 0) is 4.79 Å². The van der Waals surface area contributed by atoms with Crippen molar-refractivity contribution in [1.29, 1.82) is 0 Å². The van der Waals surface area contributed by atoms with Gasteiger partial charge in [0.1, 0.15) is 0 Å². The third-order valence-electron chi connectivity index (χ3n) is 3.66. The first-order valence-electron chi connectivity index (χ1n) is 6.80. The van der Waals surface area contributed by atoms with Crippen molar-refractivity contribution in [1.82, 2.24) is 9.80 Å². The summed E-state index contributed by atoms with van der Waals surface area (Å²) in [4.78, 5) is 27.7. The van der Waals surface area contributed by atoms with E-state index in [0.717, 1.165) is 28.6 Å².